The Labute approximate surface area is 137 Å². The highest BCUT2D eigenvalue weighted by molar-refractivity contribution is 5.85. The van der Waals surface area contributed by atoms with Gasteiger partial charge < -0.3 is 10.6 Å². The van der Waals surface area contributed by atoms with E-state index in [9.17, 15) is 9.18 Å². The molecule has 1 aromatic carbocycles. The van der Waals surface area contributed by atoms with Gasteiger partial charge in [0.25, 0.3) is 0 Å². The van der Waals surface area contributed by atoms with Crippen LogP contribution in [0.15, 0.2) is 24.3 Å². The summed E-state index contributed by atoms with van der Waals surface area (Å²) in [5.41, 5.74) is 6.73. The van der Waals surface area contributed by atoms with E-state index in [1.807, 2.05) is 17.9 Å². The van der Waals surface area contributed by atoms with E-state index in [4.69, 9.17) is 5.73 Å². The second kappa shape index (κ2) is 6.97. The molecule has 2 N–H and O–H groups in total. The van der Waals surface area contributed by atoms with E-state index in [-0.39, 0.29) is 36.1 Å². The van der Waals surface area contributed by atoms with Crippen LogP contribution in [0.5, 0.6) is 0 Å². The number of hydrogen-bond acceptors (Lipinski definition) is 2. The number of nitrogens with zero attached hydrogens (tertiary/aromatic N) is 1. The summed E-state index contributed by atoms with van der Waals surface area (Å²) in [7, 11) is 0. The Hall–Kier alpha value is -1.13. The van der Waals surface area contributed by atoms with Gasteiger partial charge in [0.1, 0.15) is 5.82 Å². The van der Waals surface area contributed by atoms with Crippen molar-refractivity contribution in [3.63, 3.8) is 0 Å². The van der Waals surface area contributed by atoms with Crippen molar-refractivity contribution in [2.75, 3.05) is 13.1 Å². The molecule has 1 aromatic rings. The van der Waals surface area contributed by atoms with Crippen LogP contribution in [0.4, 0.5) is 4.39 Å². The number of halogens is 2. The number of nitrogens with two attached hydrogens (primary N) is 1. The summed E-state index contributed by atoms with van der Waals surface area (Å²) in [6.07, 6.45) is 2.68. The summed E-state index contributed by atoms with van der Waals surface area (Å²) in [4.78, 5) is 14.5. The van der Waals surface area contributed by atoms with Crippen LogP contribution in [0.1, 0.15) is 25.3 Å². The Kier molecular flexibility index (Phi) is 5.45. The first-order chi connectivity index (χ1) is 10.1. The van der Waals surface area contributed by atoms with Crippen LogP contribution in [0.25, 0.3) is 0 Å². The van der Waals surface area contributed by atoms with Crippen LogP contribution >= 0.6 is 12.4 Å². The first-order valence-electron chi connectivity index (χ1n) is 7.84. The van der Waals surface area contributed by atoms with Gasteiger partial charge in [-0.25, -0.2) is 4.39 Å². The van der Waals surface area contributed by atoms with Gasteiger partial charge in [-0.1, -0.05) is 25.1 Å². The normalized spacial score (nSPS) is 28.1. The van der Waals surface area contributed by atoms with Crippen molar-refractivity contribution < 1.29 is 9.18 Å². The molecule has 3 rings (SSSR count). The van der Waals surface area contributed by atoms with Gasteiger partial charge in [-0.15, -0.1) is 12.4 Å². The monoisotopic (exact) mass is 326 g/mol. The molecule has 1 aliphatic carbocycles. The number of hydrogen-bond donors (Lipinski definition) is 1. The van der Waals surface area contributed by atoms with Gasteiger partial charge in [0.2, 0.25) is 5.91 Å². The summed E-state index contributed by atoms with van der Waals surface area (Å²) in [5, 5.41) is 0. The van der Waals surface area contributed by atoms with Crippen LogP contribution in [0.3, 0.4) is 0 Å². The number of carbonyl (C=O) groups is 1. The first kappa shape index (κ1) is 17.2. The number of fused-ring (bicyclic) bond motifs is 1. The summed E-state index contributed by atoms with van der Waals surface area (Å²) in [6.45, 7) is 3.51. The summed E-state index contributed by atoms with van der Waals surface area (Å²) in [6, 6.07) is 6.94. The molecule has 1 heterocycles. The molecule has 0 bridgehead atoms. The van der Waals surface area contributed by atoms with Crippen molar-refractivity contribution in [3.05, 3.63) is 35.6 Å². The molecule has 122 valence electrons. The number of likely N-dealkylation sites (tertiary alicyclic amines) is 1. The molecule has 0 spiro atoms. The smallest absolute Gasteiger partial charge is 0.225 e. The third-order valence-corrected chi connectivity index (χ3v) is 5.13. The SMILES string of the molecule is CC(Cc1ccccc1F)C(=O)N1CC2CCC(N)C2C1.Cl. The maximum absolute atomic E-state index is 13.7. The van der Waals surface area contributed by atoms with Crippen molar-refractivity contribution >= 4 is 18.3 Å². The zero-order chi connectivity index (χ0) is 15.0. The zero-order valence-corrected chi connectivity index (χ0v) is 13.7. The molecule has 1 saturated carbocycles. The number of carbonyl (C=O) groups excluding carboxylic acids is 1. The molecule has 0 aromatic heterocycles. The van der Waals surface area contributed by atoms with Gasteiger partial charge in [-0.2, -0.15) is 0 Å². The maximum Gasteiger partial charge on any atom is 0.225 e. The standard InChI is InChI=1S/C17H23FN2O.ClH/c1-11(8-12-4-2-3-5-15(12)18)17(21)20-9-13-6-7-16(19)14(13)10-20;/h2-5,11,13-14,16H,6-10,19H2,1H3;1H. The van der Waals surface area contributed by atoms with Gasteiger partial charge >= 0.3 is 0 Å². The molecular weight excluding hydrogens is 303 g/mol. The first-order valence-corrected chi connectivity index (χ1v) is 7.84. The van der Waals surface area contributed by atoms with E-state index in [0.717, 1.165) is 25.9 Å². The highest BCUT2D eigenvalue weighted by Gasteiger charge is 2.43. The molecule has 1 aliphatic heterocycles. The van der Waals surface area contributed by atoms with Crippen molar-refractivity contribution in [2.24, 2.45) is 23.5 Å². The largest absolute Gasteiger partial charge is 0.342 e. The molecule has 1 saturated heterocycles. The fourth-order valence-corrected chi connectivity index (χ4v) is 3.88. The topological polar surface area (TPSA) is 46.3 Å². The molecule has 5 heteroatoms. The van der Waals surface area contributed by atoms with Gasteiger partial charge in [-0.3, -0.25) is 4.79 Å². The van der Waals surface area contributed by atoms with Crippen LogP contribution in [-0.2, 0) is 11.2 Å². The third kappa shape index (κ3) is 3.28. The highest BCUT2D eigenvalue weighted by Crippen LogP contribution is 2.37. The average molecular weight is 327 g/mol. The van der Waals surface area contributed by atoms with E-state index in [0.29, 0.717) is 23.8 Å². The molecule has 2 fully saturated rings. The van der Waals surface area contributed by atoms with Crippen LogP contribution < -0.4 is 5.73 Å². The molecule has 2 aliphatic rings. The molecule has 3 nitrogen and oxygen atoms in total. The Morgan fingerprint density at radius 2 is 2.09 bits per heavy atom. The van der Waals surface area contributed by atoms with Gasteiger partial charge in [0.15, 0.2) is 0 Å². The van der Waals surface area contributed by atoms with E-state index in [2.05, 4.69) is 0 Å². The summed E-state index contributed by atoms with van der Waals surface area (Å²) < 4.78 is 13.7. The lowest BCUT2D eigenvalue weighted by Gasteiger charge is -2.22. The Bertz CT molecular complexity index is 539. The van der Waals surface area contributed by atoms with Crippen molar-refractivity contribution in [3.8, 4) is 0 Å². The highest BCUT2D eigenvalue weighted by atomic mass is 35.5. The van der Waals surface area contributed by atoms with Crippen molar-refractivity contribution in [1.82, 2.24) is 4.90 Å². The maximum atomic E-state index is 13.7. The lowest BCUT2D eigenvalue weighted by molar-refractivity contribution is -0.134. The average Bonchev–Trinajstić information content (AvgIpc) is 3.03. The van der Waals surface area contributed by atoms with Gasteiger partial charge in [0, 0.05) is 25.0 Å². The van der Waals surface area contributed by atoms with Crippen LogP contribution in [0, 0.1) is 23.6 Å². The fourth-order valence-electron chi connectivity index (χ4n) is 3.88. The molecule has 4 atom stereocenters. The second-order valence-corrected chi connectivity index (χ2v) is 6.60. The minimum atomic E-state index is -0.225. The Morgan fingerprint density at radius 1 is 1.36 bits per heavy atom. The summed E-state index contributed by atoms with van der Waals surface area (Å²) >= 11 is 0. The lowest BCUT2D eigenvalue weighted by Crippen LogP contribution is -2.37. The minimum absolute atomic E-state index is 0. The molecule has 0 radical (unpaired) electrons. The van der Waals surface area contributed by atoms with E-state index in [1.165, 1.54) is 6.07 Å². The van der Waals surface area contributed by atoms with E-state index in [1.54, 1.807) is 12.1 Å². The van der Waals surface area contributed by atoms with Gasteiger partial charge in [0.05, 0.1) is 0 Å². The van der Waals surface area contributed by atoms with Crippen molar-refractivity contribution in [1.29, 1.82) is 0 Å². The quantitative estimate of drug-likeness (QED) is 0.928. The Morgan fingerprint density at radius 3 is 2.77 bits per heavy atom. The second-order valence-electron chi connectivity index (χ2n) is 6.60. The lowest BCUT2D eigenvalue weighted by atomic mass is 9.98. The van der Waals surface area contributed by atoms with Crippen molar-refractivity contribution in [2.45, 2.75) is 32.2 Å². The van der Waals surface area contributed by atoms with Crippen LogP contribution in [0.2, 0.25) is 0 Å². The fraction of sp³-hybridized carbons (Fsp3) is 0.588. The molecule has 4 unspecified atom stereocenters. The third-order valence-electron chi connectivity index (χ3n) is 5.13. The number of benzene rings is 1. The predicted molar refractivity (Wildman–Crippen MR) is 87.3 cm³/mol. The Balaban J connectivity index is 0.00000176. The molecular formula is C17H24ClFN2O. The van der Waals surface area contributed by atoms with Gasteiger partial charge in [-0.05, 0) is 42.7 Å². The van der Waals surface area contributed by atoms with E-state index < -0.39 is 0 Å². The van der Waals surface area contributed by atoms with E-state index >= 15 is 0 Å². The number of amides is 1. The van der Waals surface area contributed by atoms with Crippen LogP contribution in [-0.4, -0.2) is 29.9 Å². The summed E-state index contributed by atoms with van der Waals surface area (Å²) in [5.74, 6) is 0.772. The minimum Gasteiger partial charge on any atom is -0.342 e. The zero-order valence-electron chi connectivity index (χ0n) is 12.9. The predicted octanol–water partition coefficient (Wildman–Crippen LogP) is 2.62. The molecule has 1 amide bonds. The molecule has 22 heavy (non-hydrogen) atoms. The number of rotatable bonds is 3.